The number of hydrogen-bond donors (Lipinski definition) is 1. The Morgan fingerprint density at radius 3 is 2.94 bits per heavy atom. The van der Waals surface area contributed by atoms with Crippen LogP contribution in [0.15, 0.2) is 34.4 Å². The van der Waals surface area contributed by atoms with E-state index in [-0.39, 0.29) is 5.91 Å². The van der Waals surface area contributed by atoms with Crippen LogP contribution in [0.2, 0.25) is 0 Å². The summed E-state index contributed by atoms with van der Waals surface area (Å²) in [5.74, 6) is -0.121. The Morgan fingerprint density at radius 2 is 2.31 bits per heavy atom. The van der Waals surface area contributed by atoms with E-state index in [0.29, 0.717) is 4.88 Å². The Balaban J connectivity index is 2.15. The molecule has 16 heavy (non-hydrogen) atoms. The van der Waals surface area contributed by atoms with Crippen LogP contribution in [0, 0.1) is 6.92 Å². The summed E-state index contributed by atoms with van der Waals surface area (Å²) < 4.78 is 1.03. The zero-order valence-corrected chi connectivity index (χ0v) is 10.9. The largest absolute Gasteiger partial charge is 0.321 e. The molecule has 0 aliphatic heterocycles. The van der Waals surface area contributed by atoms with E-state index < -0.39 is 0 Å². The van der Waals surface area contributed by atoms with Crippen LogP contribution in [0.5, 0.6) is 0 Å². The average molecular weight is 297 g/mol. The fourth-order valence-corrected chi connectivity index (χ4v) is 2.00. The zero-order valence-electron chi connectivity index (χ0n) is 8.53. The molecule has 0 unspecified atom stereocenters. The van der Waals surface area contributed by atoms with Crippen molar-refractivity contribution in [2.24, 2.45) is 0 Å². The first-order valence-electron chi connectivity index (χ1n) is 4.63. The van der Waals surface area contributed by atoms with Gasteiger partial charge in [-0.05, 0) is 30.7 Å². The molecule has 0 fully saturated rings. The number of amides is 1. The topological polar surface area (TPSA) is 42.0 Å². The van der Waals surface area contributed by atoms with Crippen LogP contribution in [-0.4, -0.2) is 10.9 Å². The van der Waals surface area contributed by atoms with Gasteiger partial charge in [-0.1, -0.05) is 15.9 Å². The van der Waals surface area contributed by atoms with Gasteiger partial charge in [0.15, 0.2) is 0 Å². The normalized spacial score (nSPS) is 10.1. The van der Waals surface area contributed by atoms with Gasteiger partial charge in [0, 0.05) is 10.2 Å². The number of nitrogens with zero attached hydrogens (tertiary/aromatic N) is 1. The van der Waals surface area contributed by atoms with Gasteiger partial charge >= 0.3 is 0 Å². The van der Waals surface area contributed by atoms with E-state index in [1.54, 1.807) is 11.7 Å². The van der Waals surface area contributed by atoms with E-state index in [9.17, 15) is 4.79 Å². The van der Waals surface area contributed by atoms with Crippen molar-refractivity contribution < 1.29 is 4.79 Å². The molecule has 0 aliphatic rings. The number of nitrogens with one attached hydrogen (secondary N) is 1. The number of thiazole rings is 1. The summed E-state index contributed by atoms with van der Waals surface area (Å²) in [6.45, 7) is 1.98. The number of aromatic nitrogens is 1. The van der Waals surface area contributed by atoms with Crippen molar-refractivity contribution >= 4 is 38.9 Å². The number of halogens is 1. The maximum Gasteiger partial charge on any atom is 0.267 e. The number of benzene rings is 1. The lowest BCUT2D eigenvalue weighted by Gasteiger charge is -2.05. The second kappa shape index (κ2) is 4.76. The fraction of sp³-hybridized carbons (Fsp3) is 0.0909. The van der Waals surface area contributed by atoms with E-state index in [4.69, 9.17) is 0 Å². The molecular formula is C11H9BrN2OS. The molecule has 0 saturated carbocycles. The Hall–Kier alpha value is -1.20. The second-order valence-electron chi connectivity index (χ2n) is 3.28. The summed E-state index contributed by atoms with van der Waals surface area (Å²) in [6, 6.07) is 5.69. The number of hydrogen-bond acceptors (Lipinski definition) is 3. The van der Waals surface area contributed by atoms with Gasteiger partial charge in [0.25, 0.3) is 5.91 Å². The van der Waals surface area contributed by atoms with Gasteiger partial charge in [0.05, 0.1) is 11.7 Å². The van der Waals surface area contributed by atoms with E-state index in [2.05, 4.69) is 26.2 Å². The van der Waals surface area contributed by atoms with Gasteiger partial charge in [-0.15, -0.1) is 11.3 Å². The lowest BCUT2D eigenvalue weighted by atomic mass is 10.2. The molecule has 1 heterocycles. The Labute approximate surface area is 106 Å². The Morgan fingerprint density at radius 1 is 1.50 bits per heavy atom. The predicted octanol–water partition coefficient (Wildman–Crippen LogP) is 3.47. The van der Waals surface area contributed by atoms with Gasteiger partial charge in [0.2, 0.25) is 0 Å². The Bertz CT molecular complexity index is 511. The first-order chi connectivity index (χ1) is 7.66. The summed E-state index contributed by atoms with van der Waals surface area (Å²) in [5.41, 5.74) is 3.52. The first-order valence-corrected chi connectivity index (χ1v) is 6.30. The Kier molecular flexibility index (Phi) is 3.36. The number of rotatable bonds is 2. The highest BCUT2D eigenvalue weighted by Gasteiger charge is 2.07. The minimum absolute atomic E-state index is 0.121. The predicted molar refractivity (Wildman–Crippen MR) is 68.9 cm³/mol. The summed E-state index contributed by atoms with van der Waals surface area (Å²) in [4.78, 5) is 16.2. The number of anilines is 1. The highest BCUT2D eigenvalue weighted by molar-refractivity contribution is 9.10. The maximum absolute atomic E-state index is 11.7. The van der Waals surface area contributed by atoms with Crippen molar-refractivity contribution in [1.82, 2.24) is 4.98 Å². The molecule has 1 aromatic carbocycles. The molecule has 0 bridgehead atoms. The molecule has 1 N–H and O–H groups in total. The molecule has 0 spiro atoms. The van der Waals surface area contributed by atoms with Crippen molar-refractivity contribution in [1.29, 1.82) is 0 Å². The highest BCUT2D eigenvalue weighted by Crippen LogP contribution is 2.20. The second-order valence-corrected chi connectivity index (χ2v) is 5.02. The molecule has 3 nitrogen and oxygen atoms in total. The van der Waals surface area contributed by atoms with Crippen LogP contribution in [-0.2, 0) is 0 Å². The quantitative estimate of drug-likeness (QED) is 0.922. The lowest BCUT2D eigenvalue weighted by Crippen LogP contribution is -2.10. The fourth-order valence-electron chi connectivity index (χ4n) is 1.24. The molecule has 2 aromatic rings. The smallest absolute Gasteiger partial charge is 0.267 e. The summed E-state index contributed by atoms with van der Waals surface area (Å²) in [7, 11) is 0. The zero-order chi connectivity index (χ0) is 11.5. The minimum Gasteiger partial charge on any atom is -0.321 e. The number of aryl methyl sites for hydroxylation is 1. The SMILES string of the molecule is Cc1cc(NC(=O)c2cncs2)ccc1Br. The van der Waals surface area contributed by atoms with Crippen molar-refractivity contribution in [3.8, 4) is 0 Å². The van der Waals surface area contributed by atoms with Gasteiger partial charge in [0.1, 0.15) is 4.88 Å². The summed E-state index contributed by atoms with van der Waals surface area (Å²) in [5, 5.41) is 2.82. The molecule has 5 heteroatoms. The third-order valence-electron chi connectivity index (χ3n) is 2.07. The highest BCUT2D eigenvalue weighted by atomic mass is 79.9. The van der Waals surface area contributed by atoms with Crippen molar-refractivity contribution in [2.45, 2.75) is 6.92 Å². The third-order valence-corrected chi connectivity index (χ3v) is 3.73. The molecule has 1 amide bonds. The van der Waals surface area contributed by atoms with Crippen LogP contribution in [0.25, 0.3) is 0 Å². The van der Waals surface area contributed by atoms with E-state index in [1.165, 1.54) is 11.3 Å². The summed E-state index contributed by atoms with van der Waals surface area (Å²) >= 11 is 4.74. The summed E-state index contributed by atoms with van der Waals surface area (Å²) in [6.07, 6.45) is 1.56. The van der Waals surface area contributed by atoms with Gasteiger partial charge in [-0.2, -0.15) is 0 Å². The molecule has 2 rings (SSSR count). The van der Waals surface area contributed by atoms with E-state index in [1.807, 2.05) is 25.1 Å². The molecule has 1 aromatic heterocycles. The minimum atomic E-state index is -0.121. The van der Waals surface area contributed by atoms with Crippen molar-refractivity contribution in [3.05, 3.63) is 44.8 Å². The number of carbonyl (C=O) groups excluding carboxylic acids is 1. The van der Waals surface area contributed by atoms with E-state index in [0.717, 1.165) is 15.7 Å². The molecule has 0 radical (unpaired) electrons. The van der Waals surface area contributed by atoms with E-state index >= 15 is 0 Å². The molecule has 0 saturated heterocycles. The number of carbonyl (C=O) groups is 1. The van der Waals surface area contributed by atoms with Crippen molar-refractivity contribution in [3.63, 3.8) is 0 Å². The van der Waals surface area contributed by atoms with Crippen LogP contribution >= 0.6 is 27.3 Å². The standard InChI is InChI=1S/C11H9BrN2OS/c1-7-4-8(2-3-9(7)12)14-11(15)10-5-13-6-16-10/h2-6H,1H3,(H,14,15). The van der Waals surface area contributed by atoms with Crippen LogP contribution < -0.4 is 5.32 Å². The molecular weight excluding hydrogens is 288 g/mol. The van der Waals surface area contributed by atoms with Crippen molar-refractivity contribution in [2.75, 3.05) is 5.32 Å². The monoisotopic (exact) mass is 296 g/mol. The molecule has 0 atom stereocenters. The average Bonchev–Trinajstić information content (AvgIpc) is 2.77. The van der Waals surface area contributed by atoms with Crippen LogP contribution in [0.4, 0.5) is 5.69 Å². The molecule has 82 valence electrons. The lowest BCUT2D eigenvalue weighted by molar-refractivity contribution is 0.103. The maximum atomic E-state index is 11.7. The van der Waals surface area contributed by atoms with Crippen LogP contribution in [0.1, 0.15) is 15.2 Å². The van der Waals surface area contributed by atoms with Crippen LogP contribution in [0.3, 0.4) is 0 Å². The van der Waals surface area contributed by atoms with Gasteiger partial charge in [-0.3, -0.25) is 9.78 Å². The first kappa shape index (κ1) is 11.3. The van der Waals surface area contributed by atoms with Gasteiger partial charge < -0.3 is 5.32 Å². The van der Waals surface area contributed by atoms with Gasteiger partial charge in [-0.25, -0.2) is 0 Å². The molecule has 0 aliphatic carbocycles. The third kappa shape index (κ3) is 2.48.